The largest absolute Gasteiger partial charge is 0.384 e. The van der Waals surface area contributed by atoms with Gasteiger partial charge in [-0.2, -0.15) is 15.4 Å². The molecular weight excluding hydrogens is 232 g/mol. The molecule has 0 aliphatic heterocycles. The van der Waals surface area contributed by atoms with E-state index in [0.717, 1.165) is 0 Å². The summed E-state index contributed by atoms with van der Waals surface area (Å²) in [6.45, 7) is -0.199. The number of carbonyl (C=O) groups excluding carboxylic acids is 1. The van der Waals surface area contributed by atoms with Gasteiger partial charge in [0.15, 0.2) is 5.69 Å². The molecular formula is C12H10N4O2. The van der Waals surface area contributed by atoms with E-state index >= 15 is 0 Å². The highest BCUT2D eigenvalue weighted by Gasteiger charge is 2.08. The van der Waals surface area contributed by atoms with Crippen molar-refractivity contribution < 1.29 is 9.90 Å². The Balaban J connectivity index is 2.12. The van der Waals surface area contributed by atoms with Gasteiger partial charge in [-0.15, -0.1) is 0 Å². The molecule has 0 aliphatic rings. The SMILES string of the molecule is O=C(Nc1cccc(C#CCO)c1)c1cn[nH]n1. The Kier molecular flexibility index (Phi) is 3.69. The summed E-state index contributed by atoms with van der Waals surface area (Å²) < 4.78 is 0. The van der Waals surface area contributed by atoms with E-state index in [2.05, 4.69) is 32.6 Å². The van der Waals surface area contributed by atoms with Gasteiger partial charge >= 0.3 is 0 Å². The summed E-state index contributed by atoms with van der Waals surface area (Å²) in [6, 6.07) is 7.00. The van der Waals surface area contributed by atoms with E-state index < -0.39 is 0 Å². The minimum atomic E-state index is -0.351. The first-order valence-corrected chi connectivity index (χ1v) is 5.16. The second kappa shape index (κ2) is 5.61. The number of nitrogens with zero attached hydrogens (tertiary/aromatic N) is 2. The molecule has 0 radical (unpaired) electrons. The Bertz CT molecular complexity index is 596. The van der Waals surface area contributed by atoms with Crippen LogP contribution in [0, 0.1) is 11.8 Å². The second-order valence-corrected chi connectivity index (χ2v) is 3.35. The zero-order valence-electron chi connectivity index (χ0n) is 9.34. The number of H-pyrrole nitrogens is 1. The molecule has 1 aromatic heterocycles. The van der Waals surface area contributed by atoms with Gasteiger partial charge in [-0.25, -0.2) is 0 Å². The van der Waals surface area contributed by atoms with Crippen molar-refractivity contribution in [2.45, 2.75) is 0 Å². The molecule has 0 spiro atoms. The predicted molar refractivity (Wildman–Crippen MR) is 64.7 cm³/mol. The second-order valence-electron chi connectivity index (χ2n) is 3.35. The topological polar surface area (TPSA) is 90.9 Å². The summed E-state index contributed by atoms with van der Waals surface area (Å²) >= 11 is 0. The average molecular weight is 242 g/mol. The highest BCUT2D eigenvalue weighted by molar-refractivity contribution is 6.02. The number of rotatable bonds is 2. The standard InChI is InChI=1S/C12H10N4O2/c17-6-2-4-9-3-1-5-10(7-9)14-12(18)11-8-13-16-15-11/h1,3,5,7-8,17H,6H2,(H,14,18)(H,13,15,16). The van der Waals surface area contributed by atoms with Crippen LogP contribution in [0.3, 0.4) is 0 Å². The quantitative estimate of drug-likeness (QED) is 0.665. The first-order chi connectivity index (χ1) is 8.79. The van der Waals surface area contributed by atoms with Crippen LogP contribution in [-0.2, 0) is 0 Å². The van der Waals surface area contributed by atoms with Gasteiger partial charge in [0.2, 0.25) is 0 Å². The summed E-state index contributed by atoms with van der Waals surface area (Å²) in [6.07, 6.45) is 1.34. The number of amides is 1. The molecule has 0 atom stereocenters. The van der Waals surface area contributed by atoms with Crippen molar-refractivity contribution in [1.29, 1.82) is 0 Å². The van der Waals surface area contributed by atoms with Crippen LogP contribution >= 0.6 is 0 Å². The van der Waals surface area contributed by atoms with Gasteiger partial charge in [-0.05, 0) is 18.2 Å². The third-order valence-corrected chi connectivity index (χ3v) is 2.08. The molecule has 1 aromatic carbocycles. The third kappa shape index (κ3) is 2.93. The van der Waals surface area contributed by atoms with E-state index in [1.54, 1.807) is 24.3 Å². The van der Waals surface area contributed by atoms with Gasteiger partial charge in [-0.1, -0.05) is 17.9 Å². The Labute approximate surface area is 103 Å². The van der Waals surface area contributed by atoms with Gasteiger partial charge in [0.05, 0.1) is 6.20 Å². The summed E-state index contributed by atoms with van der Waals surface area (Å²) in [4.78, 5) is 11.7. The average Bonchev–Trinajstić information content (AvgIpc) is 2.91. The molecule has 18 heavy (non-hydrogen) atoms. The maximum absolute atomic E-state index is 11.7. The maximum Gasteiger partial charge on any atom is 0.277 e. The van der Waals surface area contributed by atoms with Crippen LogP contribution in [0.5, 0.6) is 0 Å². The lowest BCUT2D eigenvalue weighted by Gasteiger charge is -2.02. The molecule has 0 aliphatic carbocycles. The Morgan fingerprint density at radius 1 is 1.50 bits per heavy atom. The van der Waals surface area contributed by atoms with E-state index in [1.807, 2.05) is 0 Å². The van der Waals surface area contributed by atoms with Crippen LogP contribution in [0.15, 0.2) is 30.5 Å². The number of aliphatic hydroxyl groups excluding tert-OH is 1. The molecule has 2 aromatic rings. The van der Waals surface area contributed by atoms with Crippen LogP contribution in [-0.4, -0.2) is 33.0 Å². The third-order valence-electron chi connectivity index (χ3n) is 2.08. The molecule has 0 saturated carbocycles. The smallest absolute Gasteiger partial charge is 0.277 e. The lowest BCUT2D eigenvalue weighted by molar-refractivity contribution is 0.102. The van der Waals surface area contributed by atoms with Gasteiger partial charge in [0.1, 0.15) is 6.61 Å². The Hall–Kier alpha value is -2.65. The number of benzene rings is 1. The molecule has 1 amide bonds. The van der Waals surface area contributed by atoms with Gasteiger partial charge in [0, 0.05) is 11.3 Å². The molecule has 0 bridgehead atoms. The van der Waals surface area contributed by atoms with E-state index in [1.165, 1.54) is 6.20 Å². The Morgan fingerprint density at radius 3 is 3.11 bits per heavy atom. The zero-order valence-corrected chi connectivity index (χ0v) is 9.34. The number of aliphatic hydroxyl groups is 1. The number of carbonyl (C=O) groups is 1. The number of aromatic amines is 1. The van der Waals surface area contributed by atoms with Crippen molar-refractivity contribution in [2.24, 2.45) is 0 Å². The van der Waals surface area contributed by atoms with Crippen molar-refractivity contribution in [2.75, 3.05) is 11.9 Å². The van der Waals surface area contributed by atoms with Gasteiger partial charge in [0.25, 0.3) is 5.91 Å². The number of aromatic nitrogens is 3. The predicted octanol–water partition coefficient (Wildman–Crippen LogP) is 0.401. The van der Waals surface area contributed by atoms with E-state index in [4.69, 9.17) is 5.11 Å². The van der Waals surface area contributed by atoms with Crippen molar-refractivity contribution in [3.63, 3.8) is 0 Å². The van der Waals surface area contributed by atoms with Crippen molar-refractivity contribution in [3.8, 4) is 11.8 Å². The number of hydrogen-bond acceptors (Lipinski definition) is 4. The normalized spacial score (nSPS) is 9.39. The van der Waals surface area contributed by atoms with E-state index in [-0.39, 0.29) is 18.2 Å². The molecule has 2 rings (SSSR count). The molecule has 6 nitrogen and oxygen atoms in total. The van der Waals surface area contributed by atoms with Crippen molar-refractivity contribution in [3.05, 3.63) is 41.7 Å². The minimum Gasteiger partial charge on any atom is -0.384 e. The highest BCUT2D eigenvalue weighted by Crippen LogP contribution is 2.10. The van der Waals surface area contributed by atoms with E-state index in [0.29, 0.717) is 11.3 Å². The fourth-order valence-corrected chi connectivity index (χ4v) is 1.32. The summed E-state index contributed by atoms with van der Waals surface area (Å²) in [5.74, 6) is 4.94. The maximum atomic E-state index is 11.7. The number of hydrogen-bond donors (Lipinski definition) is 3. The number of nitrogens with one attached hydrogen (secondary N) is 2. The van der Waals surface area contributed by atoms with E-state index in [9.17, 15) is 4.79 Å². The molecule has 90 valence electrons. The number of anilines is 1. The van der Waals surface area contributed by atoms with Gasteiger partial charge < -0.3 is 10.4 Å². The molecule has 0 saturated heterocycles. The van der Waals surface area contributed by atoms with Crippen molar-refractivity contribution in [1.82, 2.24) is 15.4 Å². The minimum absolute atomic E-state index is 0.199. The molecule has 6 heteroatoms. The Morgan fingerprint density at radius 2 is 2.39 bits per heavy atom. The summed E-state index contributed by atoms with van der Waals surface area (Å²) in [5, 5.41) is 20.9. The monoisotopic (exact) mass is 242 g/mol. The lowest BCUT2D eigenvalue weighted by Crippen LogP contribution is -2.12. The van der Waals surface area contributed by atoms with Crippen LogP contribution < -0.4 is 5.32 Å². The fourth-order valence-electron chi connectivity index (χ4n) is 1.32. The van der Waals surface area contributed by atoms with Crippen LogP contribution in [0.1, 0.15) is 16.1 Å². The molecule has 3 N–H and O–H groups in total. The molecule has 1 heterocycles. The van der Waals surface area contributed by atoms with Crippen LogP contribution in [0.2, 0.25) is 0 Å². The molecule has 0 unspecified atom stereocenters. The van der Waals surface area contributed by atoms with Crippen LogP contribution in [0.4, 0.5) is 5.69 Å². The fraction of sp³-hybridized carbons (Fsp3) is 0.0833. The first-order valence-electron chi connectivity index (χ1n) is 5.16. The first kappa shape index (κ1) is 11.8. The molecule has 0 fully saturated rings. The summed E-state index contributed by atoms with van der Waals surface area (Å²) in [7, 11) is 0. The lowest BCUT2D eigenvalue weighted by atomic mass is 10.2. The van der Waals surface area contributed by atoms with Crippen LogP contribution in [0.25, 0.3) is 0 Å². The summed E-state index contributed by atoms with van der Waals surface area (Å²) in [5.41, 5.74) is 1.52. The zero-order chi connectivity index (χ0) is 12.8. The highest BCUT2D eigenvalue weighted by atomic mass is 16.2. The van der Waals surface area contributed by atoms with Gasteiger partial charge in [-0.3, -0.25) is 4.79 Å². The van der Waals surface area contributed by atoms with Crippen molar-refractivity contribution >= 4 is 11.6 Å².